The van der Waals surface area contributed by atoms with E-state index in [0.717, 1.165) is 65.7 Å². The standard InChI is InChI=1S/C32H32NO.C13H24O2.Ir/c1-31(2,3)20-23-11-9-13-29-26(23)19-30(34-29)22-14-15-33-28(18-22)24-16-21-10-7-8-12-25(21)27(17-24)32(4,5)6;1-5-10(6-2)12(14)9-13(15)11(7-3)8-4;/h7-15,17-19H,20H2,1-6H3;9-11,14H,5-8H2,1-4H3;/q-1;;/b;12-9-;. The number of ketones is 1. The van der Waals surface area contributed by atoms with Crippen LogP contribution in [0.5, 0.6) is 0 Å². The molecular formula is C45H56IrNO3-. The first-order valence-electron chi connectivity index (χ1n) is 18.1. The summed E-state index contributed by atoms with van der Waals surface area (Å²) in [6, 6.07) is 27.0. The van der Waals surface area contributed by atoms with Gasteiger partial charge in [0.25, 0.3) is 0 Å². The fourth-order valence-electron chi connectivity index (χ4n) is 6.49. The largest absolute Gasteiger partial charge is 0.512 e. The summed E-state index contributed by atoms with van der Waals surface area (Å²) in [4.78, 5) is 16.4. The van der Waals surface area contributed by atoms with Crippen molar-refractivity contribution in [3.63, 3.8) is 0 Å². The zero-order chi connectivity index (χ0) is 35.9. The van der Waals surface area contributed by atoms with Gasteiger partial charge in [-0.2, -0.15) is 0 Å². The number of rotatable bonds is 10. The molecular weight excluding hydrogens is 795 g/mol. The Hall–Kier alpha value is -3.53. The van der Waals surface area contributed by atoms with Crippen LogP contribution in [0.1, 0.15) is 106 Å². The van der Waals surface area contributed by atoms with E-state index in [4.69, 9.17) is 9.40 Å². The second-order valence-corrected chi connectivity index (χ2v) is 15.5. The second kappa shape index (κ2) is 17.6. The molecule has 269 valence electrons. The number of furan rings is 1. The second-order valence-electron chi connectivity index (χ2n) is 15.5. The number of hydrogen-bond acceptors (Lipinski definition) is 4. The van der Waals surface area contributed by atoms with Crippen molar-refractivity contribution in [3.8, 4) is 22.6 Å². The third kappa shape index (κ3) is 10.3. The minimum absolute atomic E-state index is 0. The van der Waals surface area contributed by atoms with Crippen LogP contribution in [0.2, 0.25) is 0 Å². The van der Waals surface area contributed by atoms with Gasteiger partial charge in [0.2, 0.25) is 0 Å². The first kappa shape index (κ1) is 40.9. The Labute approximate surface area is 314 Å². The van der Waals surface area contributed by atoms with Crippen LogP contribution in [0.3, 0.4) is 0 Å². The summed E-state index contributed by atoms with van der Waals surface area (Å²) in [5.41, 5.74) is 6.74. The van der Waals surface area contributed by atoms with Crippen molar-refractivity contribution in [1.29, 1.82) is 0 Å². The fourth-order valence-corrected chi connectivity index (χ4v) is 6.49. The number of carbonyl (C=O) groups is 1. The number of hydrogen-bond donors (Lipinski definition) is 1. The molecule has 1 N–H and O–H groups in total. The van der Waals surface area contributed by atoms with Crippen LogP contribution in [0.25, 0.3) is 44.3 Å². The summed E-state index contributed by atoms with van der Waals surface area (Å²) in [6.07, 6.45) is 7.78. The van der Waals surface area contributed by atoms with Crippen molar-refractivity contribution < 1.29 is 34.4 Å². The Morgan fingerprint density at radius 1 is 0.840 bits per heavy atom. The first-order valence-corrected chi connectivity index (χ1v) is 18.1. The third-order valence-electron chi connectivity index (χ3n) is 9.36. The first-order chi connectivity index (χ1) is 23.2. The van der Waals surface area contributed by atoms with Gasteiger partial charge in [0, 0.05) is 60.9 Å². The number of aliphatic hydroxyl groups excluding tert-OH is 1. The average molecular weight is 851 g/mol. The maximum absolute atomic E-state index is 11.7. The Bertz CT molecular complexity index is 1900. The molecule has 0 aliphatic heterocycles. The molecule has 0 fully saturated rings. The van der Waals surface area contributed by atoms with Gasteiger partial charge in [-0.05, 0) is 66.7 Å². The number of aliphatic hydroxyl groups is 1. The zero-order valence-electron chi connectivity index (χ0n) is 31.7. The molecule has 5 aromatic rings. The van der Waals surface area contributed by atoms with Crippen molar-refractivity contribution in [2.24, 2.45) is 17.3 Å². The molecule has 2 aromatic heterocycles. The van der Waals surface area contributed by atoms with Gasteiger partial charge in [-0.3, -0.25) is 9.78 Å². The molecule has 5 rings (SSSR count). The van der Waals surface area contributed by atoms with Crippen molar-refractivity contribution in [2.45, 2.75) is 107 Å². The number of benzene rings is 3. The molecule has 4 nitrogen and oxygen atoms in total. The van der Waals surface area contributed by atoms with Crippen LogP contribution >= 0.6 is 0 Å². The number of pyridine rings is 1. The molecule has 0 saturated heterocycles. The zero-order valence-corrected chi connectivity index (χ0v) is 34.1. The van der Waals surface area contributed by atoms with Gasteiger partial charge in [-0.15, -0.1) is 29.1 Å². The quantitative estimate of drug-likeness (QED) is 0.0864. The van der Waals surface area contributed by atoms with Crippen molar-refractivity contribution in [3.05, 3.63) is 102 Å². The Balaban J connectivity index is 0.000000361. The van der Waals surface area contributed by atoms with Crippen LogP contribution in [-0.4, -0.2) is 15.9 Å². The van der Waals surface area contributed by atoms with E-state index in [0.29, 0.717) is 0 Å². The van der Waals surface area contributed by atoms with E-state index in [9.17, 15) is 9.90 Å². The average Bonchev–Trinajstić information content (AvgIpc) is 3.50. The van der Waals surface area contributed by atoms with Crippen molar-refractivity contribution >= 4 is 27.5 Å². The Morgan fingerprint density at radius 2 is 1.50 bits per heavy atom. The number of carbonyl (C=O) groups excluding carboxylic acids is 1. The third-order valence-corrected chi connectivity index (χ3v) is 9.36. The minimum Gasteiger partial charge on any atom is -0.512 e. The summed E-state index contributed by atoms with van der Waals surface area (Å²) >= 11 is 0. The van der Waals surface area contributed by atoms with E-state index in [-0.39, 0.29) is 54.3 Å². The summed E-state index contributed by atoms with van der Waals surface area (Å²) < 4.78 is 6.31. The summed E-state index contributed by atoms with van der Waals surface area (Å²) in [6.45, 7) is 21.7. The summed E-state index contributed by atoms with van der Waals surface area (Å²) in [5.74, 6) is 1.42. The smallest absolute Gasteiger partial charge is 0.162 e. The van der Waals surface area contributed by atoms with Crippen LogP contribution < -0.4 is 0 Å². The molecule has 0 unspecified atom stereocenters. The van der Waals surface area contributed by atoms with Gasteiger partial charge >= 0.3 is 0 Å². The van der Waals surface area contributed by atoms with Gasteiger partial charge in [0.15, 0.2) is 5.78 Å². The van der Waals surface area contributed by atoms with E-state index in [2.05, 4.69) is 108 Å². The molecule has 0 atom stereocenters. The van der Waals surface area contributed by atoms with E-state index in [1.165, 1.54) is 28.0 Å². The molecule has 0 saturated carbocycles. The van der Waals surface area contributed by atoms with E-state index in [1.54, 1.807) is 0 Å². The molecule has 0 spiro atoms. The van der Waals surface area contributed by atoms with Gasteiger partial charge in [-0.1, -0.05) is 117 Å². The van der Waals surface area contributed by atoms with Crippen LogP contribution in [0.15, 0.2) is 89.2 Å². The minimum atomic E-state index is 0. The number of allylic oxidation sites excluding steroid dienone is 2. The molecule has 5 heteroatoms. The molecule has 50 heavy (non-hydrogen) atoms. The van der Waals surface area contributed by atoms with Crippen molar-refractivity contribution in [1.82, 2.24) is 4.98 Å². The Morgan fingerprint density at radius 3 is 2.12 bits per heavy atom. The number of fused-ring (bicyclic) bond motifs is 2. The van der Waals surface area contributed by atoms with Crippen LogP contribution in [-0.2, 0) is 36.7 Å². The van der Waals surface area contributed by atoms with E-state index < -0.39 is 0 Å². The SMILES string of the molecule is CC(C)(C)Cc1cccc2oc(-c3ccnc(-c4[c-]c5ccccc5c(C(C)(C)C)c4)c3)cc12.CCC(CC)C(=O)/C=C(\O)C(CC)CC.[Ir]. The fraction of sp³-hybridized carbons (Fsp3) is 0.422. The van der Waals surface area contributed by atoms with Gasteiger partial charge < -0.3 is 9.52 Å². The molecule has 0 bridgehead atoms. The Kier molecular flexibility index (Phi) is 14.4. The number of nitrogens with zero attached hydrogens (tertiary/aromatic N) is 1. The molecule has 3 aromatic carbocycles. The predicted molar refractivity (Wildman–Crippen MR) is 207 cm³/mol. The van der Waals surface area contributed by atoms with Gasteiger partial charge in [0.1, 0.15) is 11.3 Å². The molecule has 0 aliphatic rings. The van der Waals surface area contributed by atoms with Gasteiger partial charge in [-0.25, -0.2) is 0 Å². The van der Waals surface area contributed by atoms with Crippen LogP contribution in [0, 0.1) is 23.3 Å². The van der Waals surface area contributed by atoms with E-state index in [1.807, 2.05) is 40.0 Å². The molecule has 1 radical (unpaired) electrons. The monoisotopic (exact) mass is 851 g/mol. The van der Waals surface area contributed by atoms with E-state index >= 15 is 0 Å². The maximum atomic E-state index is 11.7. The van der Waals surface area contributed by atoms with Crippen LogP contribution in [0.4, 0.5) is 0 Å². The molecule has 2 heterocycles. The summed E-state index contributed by atoms with van der Waals surface area (Å²) in [7, 11) is 0. The molecule has 0 aliphatic carbocycles. The summed E-state index contributed by atoms with van der Waals surface area (Å²) in [5, 5.41) is 13.3. The maximum Gasteiger partial charge on any atom is 0.162 e. The number of aromatic nitrogens is 1. The van der Waals surface area contributed by atoms with Gasteiger partial charge in [0.05, 0.1) is 5.76 Å². The normalized spacial score (nSPS) is 12.3. The topological polar surface area (TPSA) is 63.3 Å². The van der Waals surface area contributed by atoms with Crippen molar-refractivity contribution in [2.75, 3.05) is 0 Å². The molecule has 0 amide bonds. The predicted octanol–water partition coefficient (Wildman–Crippen LogP) is 12.9.